The molecule has 0 saturated carbocycles. The molecule has 2 aliphatic rings. The van der Waals surface area contributed by atoms with Crippen molar-refractivity contribution in [2.24, 2.45) is 5.41 Å². The average molecular weight is 240 g/mol. The van der Waals surface area contributed by atoms with E-state index in [1.54, 1.807) is 0 Å². The second kappa shape index (κ2) is 5.68. The lowest BCUT2D eigenvalue weighted by Gasteiger charge is -2.38. The molecule has 2 heterocycles. The fraction of sp³-hybridized carbons (Fsp3) is 1.00. The highest BCUT2D eigenvalue weighted by molar-refractivity contribution is 4.88. The molecule has 0 aromatic heterocycles. The van der Waals surface area contributed by atoms with Crippen molar-refractivity contribution in [2.45, 2.75) is 51.6 Å². The van der Waals surface area contributed by atoms with Crippen LogP contribution in [0, 0.1) is 5.41 Å². The molecule has 0 aromatic carbocycles. The van der Waals surface area contributed by atoms with E-state index >= 15 is 0 Å². The number of hydrogen-bond acceptors (Lipinski definition) is 3. The molecular formula is C14H28N2O. The summed E-state index contributed by atoms with van der Waals surface area (Å²) in [5.74, 6) is 0. The van der Waals surface area contributed by atoms with Gasteiger partial charge in [-0.15, -0.1) is 0 Å². The zero-order valence-electron chi connectivity index (χ0n) is 11.5. The lowest BCUT2D eigenvalue weighted by atomic mass is 9.76. The maximum Gasteiger partial charge on any atom is 0.0779 e. The van der Waals surface area contributed by atoms with Gasteiger partial charge in [0, 0.05) is 19.7 Å². The first kappa shape index (κ1) is 13.3. The molecular weight excluding hydrogens is 212 g/mol. The summed E-state index contributed by atoms with van der Waals surface area (Å²) in [6.07, 6.45) is 6.35. The second-order valence-electron chi connectivity index (χ2n) is 6.11. The standard InChI is InChI=1S/C14H28N2O/c1-3-14(6-8-15-9-7-14)12-16-11-13(2)5-4-10-17-13/h15-16H,3-12H2,1-2H3. The fourth-order valence-corrected chi connectivity index (χ4v) is 3.18. The molecule has 100 valence electrons. The minimum Gasteiger partial charge on any atom is -0.374 e. The van der Waals surface area contributed by atoms with E-state index in [1.165, 1.54) is 45.2 Å². The molecule has 0 amide bonds. The number of nitrogens with one attached hydrogen (secondary N) is 2. The predicted molar refractivity (Wildman–Crippen MR) is 71.3 cm³/mol. The summed E-state index contributed by atoms with van der Waals surface area (Å²) in [5.41, 5.74) is 0.627. The predicted octanol–water partition coefficient (Wildman–Crippen LogP) is 1.92. The maximum absolute atomic E-state index is 5.82. The normalized spacial score (nSPS) is 32.8. The first-order chi connectivity index (χ1) is 8.18. The largest absolute Gasteiger partial charge is 0.374 e. The van der Waals surface area contributed by atoms with Gasteiger partial charge in [-0.1, -0.05) is 6.92 Å². The molecule has 1 atom stereocenters. The lowest BCUT2D eigenvalue weighted by molar-refractivity contribution is 0.0176. The number of hydrogen-bond donors (Lipinski definition) is 2. The molecule has 0 aliphatic carbocycles. The van der Waals surface area contributed by atoms with E-state index in [0.717, 1.165) is 19.7 Å². The molecule has 0 radical (unpaired) electrons. The third-order valence-corrected chi connectivity index (χ3v) is 4.71. The smallest absolute Gasteiger partial charge is 0.0779 e. The van der Waals surface area contributed by atoms with Crippen LogP contribution in [0.1, 0.15) is 46.0 Å². The van der Waals surface area contributed by atoms with E-state index in [-0.39, 0.29) is 5.60 Å². The first-order valence-electron chi connectivity index (χ1n) is 7.24. The van der Waals surface area contributed by atoms with Crippen LogP contribution in [0.25, 0.3) is 0 Å². The van der Waals surface area contributed by atoms with Crippen LogP contribution in [0.5, 0.6) is 0 Å². The van der Waals surface area contributed by atoms with Crippen LogP contribution in [0.4, 0.5) is 0 Å². The summed E-state index contributed by atoms with van der Waals surface area (Å²) in [7, 11) is 0. The van der Waals surface area contributed by atoms with Crippen LogP contribution in [0.3, 0.4) is 0 Å². The third kappa shape index (κ3) is 3.43. The zero-order valence-corrected chi connectivity index (χ0v) is 11.5. The Morgan fingerprint density at radius 2 is 1.94 bits per heavy atom. The number of piperidine rings is 1. The Morgan fingerprint density at radius 3 is 2.53 bits per heavy atom. The molecule has 2 rings (SSSR count). The molecule has 0 aromatic rings. The minimum atomic E-state index is 0.0991. The highest BCUT2D eigenvalue weighted by atomic mass is 16.5. The van der Waals surface area contributed by atoms with Gasteiger partial charge in [0.25, 0.3) is 0 Å². The van der Waals surface area contributed by atoms with Gasteiger partial charge in [0.05, 0.1) is 5.60 Å². The van der Waals surface area contributed by atoms with Gasteiger partial charge >= 0.3 is 0 Å². The summed E-state index contributed by atoms with van der Waals surface area (Å²) in [5, 5.41) is 7.14. The molecule has 2 saturated heterocycles. The lowest BCUT2D eigenvalue weighted by Crippen LogP contribution is -2.46. The molecule has 2 N–H and O–H groups in total. The van der Waals surface area contributed by atoms with Gasteiger partial charge in [-0.05, 0) is 57.5 Å². The quantitative estimate of drug-likeness (QED) is 0.770. The van der Waals surface area contributed by atoms with Crippen molar-refractivity contribution in [1.29, 1.82) is 0 Å². The van der Waals surface area contributed by atoms with Gasteiger partial charge in [0.15, 0.2) is 0 Å². The highest BCUT2D eigenvalue weighted by Crippen LogP contribution is 2.32. The van der Waals surface area contributed by atoms with Crippen molar-refractivity contribution in [3.8, 4) is 0 Å². The number of rotatable bonds is 5. The van der Waals surface area contributed by atoms with Crippen molar-refractivity contribution >= 4 is 0 Å². The van der Waals surface area contributed by atoms with Crippen molar-refractivity contribution in [3.05, 3.63) is 0 Å². The van der Waals surface area contributed by atoms with E-state index in [9.17, 15) is 0 Å². The van der Waals surface area contributed by atoms with Crippen molar-refractivity contribution < 1.29 is 4.74 Å². The Kier molecular flexibility index (Phi) is 4.45. The third-order valence-electron chi connectivity index (χ3n) is 4.71. The Morgan fingerprint density at radius 1 is 1.18 bits per heavy atom. The van der Waals surface area contributed by atoms with E-state index in [0.29, 0.717) is 5.41 Å². The topological polar surface area (TPSA) is 33.3 Å². The fourth-order valence-electron chi connectivity index (χ4n) is 3.18. The van der Waals surface area contributed by atoms with Gasteiger partial charge < -0.3 is 15.4 Å². The summed E-state index contributed by atoms with van der Waals surface area (Å²) < 4.78 is 5.82. The van der Waals surface area contributed by atoms with Gasteiger partial charge in [0.1, 0.15) is 0 Å². The monoisotopic (exact) mass is 240 g/mol. The van der Waals surface area contributed by atoms with Crippen molar-refractivity contribution in [2.75, 3.05) is 32.8 Å². The van der Waals surface area contributed by atoms with Crippen LogP contribution in [0.15, 0.2) is 0 Å². The number of ether oxygens (including phenoxy) is 1. The van der Waals surface area contributed by atoms with E-state index in [2.05, 4.69) is 24.5 Å². The molecule has 17 heavy (non-hydrogen) atoms. The second-order valence-corrected chi connectivity index (χ2v) is 6.11. The van der Waals surface area contributed by atoms with E-state index < -0.39 is 0 Å². The zero-order chi connectivity index (χ0) is 12.2. The van der Waals surface area contributed by atoms with Crippen LogP contribution in [0.2, 0.25) is 0 Å². The van der Waals surface area contributed by atoms with Gasteiger partial charge in [-0.2, -0.15) is 0 Å². The minimum absolute atomic E-state index is 0.0991. The van der Waals surface area contributed by atoms with Crippen LogP contribution >= 0.6 is 0 Å². The van der Waals surface area contributed by atoms with Crippen LogP contribution in [-0.2, 0) is 4.74 Å². The molecule has 3 nitrogen and oxygen atoms in total. The Labute approximate surface area is 106 Å². The molecule has 0 spiro atoms. The van der Waals surface area contributed by atoms with Crippen molar-refractivity contribution in [1.82, 2.24) is 10.6 Å². The Bertz CT molecular complexity index is 230. The van der Waals surface area contributed by atoms with Gasteiger partial charge in [-0.3, -0.25) is 0 Å². The van der Waals surface area contributed by atoms with Crippen molar-refractivity contribution in [3.63, 3.8) is 0 Å². The van der Waals surface area contributed by atoms with E-state index in [4.69, 9.17) is 4.74 Å². The Balaban J connectivity index is 1.75. The molecule has 2 aliphatic heterocycles. The summed E-state index contributed by atoms with van der Waals surface area (Å²) in [6, 6.07) is 0. The molecule has 0 bridgehead atoms. The molecule has 1 unspecified atom stereocenters. The average Bonchev–Trinajstić information content (AvgIpc) is 2.77. The van der Waals surface area contributed by atoms with Crippen LogP contribution in [-0.4, -0.2) is 38.4 Å². The summed E-state index contributed by atoms with van der Waals surface area (Å²) in [6.45, 7) is 10.1. The maximum atomic E-state index is 5.82. The van der Waals surface area contributed by atoms with E-state index in [1.807, 2.05) is 0 Å². The van der Waals surface area contributed by atoms with Gasteiger partial charge in [0.2, 0.25) is 0 Å². The van der Waals surface area contributed by atoms with Crippen LogP contribution < -0.4 is 10.6 Å². The SMILES string of the molecule is CCC1(CNCC2(C)CCCO2)CCNCC1. The first-order valence-corrected chi connectivity index (χ1v) is 7.24. The highest BCUT2D eigenvalue weighted by Gasteiger charge is 2.33. The summed E-state index contributed by atoms with van der Waals surface area (Å²) in [4.78, 5) is 0. The molecule has 3 heteroatoms. The summed E-state index contributed by atoms with van der Waals surface area (Å²) >= 11 is 0. The van der Waals surface area contributed by atoms with Gasteiger partial charge in [-0.25, -0.2) is 0 Å². The molecule has 2 fully saturated rings. The Hall–Kier alpha value is -0.120.